The molecule has 0 aromatic carbocycles. The predicted octanol–water partition coefficient (Wildman–Crippen LogP) is 2.74. The van der Waals surface area contributed by atoms with Gasteiger partial charge in [-0.2, -0.15) is 0 Å². The van der Waals surface area contributed by atoms with Crippen LogP contribution in [0.2, 0.25) is 0 Å². The molecule has 2 heteroatoms. The molecule has 0 spiro atoms. The van der Waals surface area contributed by atoms with Crippen molar-refractivity contribution in [2.75, 3.05) is 26.2 Å². The van der Waals surface area contributed by atoms with Crippen molar-refractivity contribution in [1.29, 1.82) is 0 Å². The number of fused-ring (bicyclic) bond motifs is 1. The van der Waals surface area contributed by atoms with Gasteiger partial charge in [-0.05, 0) is 44.1 Å². The van der Waals surface area contributed by atoms with Crippen LogP contribution in [0.5, 0.6) is 0 Å². The van der Waals surface area contributed by atoms with Gasteiger partial charge in [-0.1, -0.05) is 20.3 Å². The fraction of sp³-hybridized carbons (Fsp3) is 1.00. The highest BCUT2D eigenvalue weighted by atomic mass is 15.3. The van der Waals surface area contributed by atoms with E-state index in [-0.39, 0.29) is 0 Å². The van der Waals surface area contributed by atoms with Crippen molar-refractivity contribution < 1.29 is 0 Å². The molecule has 2 saturated heterocycles. The first kappa shape index (κ1) is 12.0. The molecule has 98 valence electrons. The van der Waals surface area contributed by atoms with Crippen LogP contribution >= 0.6 is 0 Å². The highest BCUT2D eigenvalue weighted by molar-refractivity contribution is 4.92. The predicted molar refractivity (Wildman–Crippen MR) is 72.2 cm³/mol. The van der Waals surface area contributed by atoms with Crippen molar-refractivity contribution in [2.24, 2.45) is 5.41 Å². The molecule has 2 nitrogen and oxygen atoms in total. The lowest BCUT2D eigenvalue weighted by molar-refractivity contribution is 0.0327. The zero-order valence-corrected chi connectivity index (χ0v) is 11.6. The lowest BCUT2D eigenvalue weighted by Gasteiger charge is -2.46. The van der Waals surface area contributed by atoms with Gasteiger partial charge in [0, 0.05) is 31.7 Å². The van der Waals surface area contributed by atoms with Crippen molar-refractivity contribution in [3.8, 4) is 0 Å². The molecule has 1 aliphatic carbocycles. The van der Waals surface area contributed by atoms with E-state index >= 15 is 0 Å². The van der Waals surface area contributed by atoms with Crippen LogP contribution in [-0.4, -0.2) is 48.1 Å². The zero-order valence-electron chi connectivity index (χ0n) is 11.6. The minimum absolute atomic E-state index is 0.593. The van der Waals surface area contributed by atoms with Gasteiger partial charge >= 0.3 is 0 Å². The van der Waals surface area contributed by atoms with Gasteiger partial charge in [0.2, 0.25) is 0 Å². The molecule has 0 bridgehead atoms. The number of piperazine rings is 1. The molecule has 0 radical (unpaired) electrons. The average Bonchev–Trinajstić information content (AvgIpc) is 2.74. The van der Waals surface area contributed by atoms with Gasteiger partial charge in [0.25, 0.3) is 0 Å². The Morgan fingerprint density at radius 1 is 0.882 bits per heavy atom. The van der Waals surface area contributed by atoms with Gasteiger partial charge in [-0.15, -0.1) is 0 Å². The first-order valence-corrected chi connectivity index (χ1v) is 7.62. The second kappa shape index (κ2) is 4.55. The molecule has 2 atom stereocenters. The van der Waals surface area contributed by atoms with E-state index in [1.54, 1.807) is 0 Å². The second-order valence-corrected chi connectivity index (χ2v) is 7.24. The summed E-state index contributed by atoms with van der Waals surface area (Å²) in [5.74, 6) is 0. The van der Waals surface area contributed by atoms with Crippen molar-refractivity contribution in [1.82, 2.24) is 9.80 Å². The summed E-state index contributed by atoms with van der Waals surface area (Å²) < 4.78 is 0. The Balaban J connectivity index is 1.61. The lowest BCUT2D eigenvalue weighted by Crippen LogP contribution is -2.54. The Labute approximate surface area is 106 Å². The number of nitrogens with zero attached hydrogens (tertiary/aromatic N) is 2. The van der Waals surface area contributed by atoms with Crippen LogP contribution in [0.3, 0.4) is 0 Å². The molecule has 1 saturated carbocycles. The summed E-state index contributed by atoms with van der Waals surface area (Å²) in [7, 11) is 0. The van der Waals surface area contributed by atoms with Crippen LogP contribution in [-0.2, 0) is 0 Å². The quantitative estimate of drug-likeness (QED) is 0.691. The monoisotopic (exact) mass is 236 g/mol. The number of rotatable bonds is 1. The Morgan fingerprint density at radius 3 is 2.47 bits per heavy atom. The first-order chi connectivity index (χ1) is 8.14. The minimum atomic E-state index is 0.593. The largest absolute Gasteiger partial charge is 0.298 e. The zero-order chi connectivity index (χ0) is 11.9. The maximum absolute atomic E-state index is 2.83. The van der Waals surface area contributed by atoms with Crippen molar-refractivity contribution in [3.05, 3.63) is 0 Å². The Bertz CT molecular complexity index is 274. The van der Waals surface area contributed by atoms with E-state index in [0.29, 0.717) is 5.41 Å². The van der Waals surface area contributed by atoms with Crippen LogP contribution in [0.25, 0.3) is 0 Å². The second-order valence-electron chi connectivity index (χ2n) is 7.24. The van der Waals surface area contributed by atoms with Crippen LogP contribution in [0, 0.1) is 5.41 Å². The summed E-state index contributed by atoms with van der Waals surface area (Å²) in [6.45, 7) is 10.3. The third-order valence-electron chi connectivity index (χ3n) is 5.31. The molecule has 3 rings (SSSR count). The number of hydrogen-bond donors (Lipinski definition) is 0. The molecule has 2 heterocycles. The van der Waals surface area contributed by atoms with Crippen molar-refractivity contribution in [3.63, 3.8) is 0 Å². The molecule has 2 aliphatic heterocycles. The summed E-state index contributed by atoms with van der Waals surface area (Å²) in [6.07, 6.45) is 8.66. The highest BCUT2D eigenvalue weighted by Gasteiger charge is 2.36. The molecule has 3 aliphatic rings. The van der Waals surface area contributed by atoms with Gasteiger partial charge in [0.1, 0.15) is 0 Å². The van der Waals surface area contributed by atoms with Crippen molar-refractivity contribution in [2.45, 2.75) is 64.5 Å². The first-order valence-electron chi connectivity index (χ1n) is 7.62. The van der Waals surface area contributed by atoms with E-state index in [0.717, 1.165) is 12.1 Å². The third kappa shape index (κ3) is 2.53. The summed E-state index contributed by atoms with van der Waals surface area (Å²) in [5, 5.41) is 0. The Morgan fingerprint density at radius 2 is 1.65 bits per heavy atom. The van der Waals surface area contributed by atoms with E-state index in [9.17, 15) is 0 Å². The van der Waals surface area contributed by atoms with Crippen LogP contribution < -0.4 is 0 Å². The fourth-order valence-electron chi connectivity index (χ4n) is 4.32. The average molecular weight is 236 g/mol. The van der Waals surface area contributed by atoms with E-state index in [4.69, 9.17) is 0 Å². The Hall–Kier alpha value is -0.0800. The van der Waals surface area contributed by atoms with Gasteiger partial charge in [-0.25, -0.2) is 0 Å². The fourth-order valence-corrected chi connectivity index (χ4v) is 4.32. The van der Waals surface area contributed by atoms with E-state index < -0.39 is 0 Å². The van der Waals surface area contributed by atoms with Crippen molar-refractivity contribution >= 4 is 0 Å². The summed E-state index contributed by atoms with van der Waals surface area (Å²) in [5.41, 5.74) is 0.593. The molecule has 17 heavy (non-hydrogen) atoms. The molecule has 3 fully saturated rings. The lowest BCUT2D eigenvalue weighted by atomic mass is 9.74. The van der Waals surface area contributed by atoms with Gasteiger partial charge in [0.05, 0.1) is 0 Å². The van der Waals surface area contributed by atoms with Crippen LogP contribution in [0.15, 0.2) is 0 Å². The van der Waals surface area contributed by atoms with Crippen LogP contribution in [0.1, 0.15) is 52.4 Å². The SMILES string of the molecule is CC1(C)CCCC(N2CCN3CCCC3C2)C1. The van der Waals surface area contributed by atoms with Crippen LogP contribution in [0.4, 0.5) is 0 Å². The molecule has 0 aromatic rings. The van der Waals surface area contributed by atoms with Gasteiger partial charge in [-0.3, -0.25) is 9.80 Å². The normalized spacial score (nSPS) is 39.2. The number of hydrogen-bond acceptors (Lipinski definition) is 2. The molecular weight excluding hydrogens is 208 g/mol. The van der Waals surface area contributed by atoms with Gasteiger partial charge < -0.3 is 0 Å². The standard InChI is InChI=1S/C15H28N2/c1-15(2)7-3-5-13(11-15)17-10-9-16-8-4-6-14(16)12-17/h13-14H,3-12H2,1-2H3. The summed E-state index contributed by atoms with van der Waals surface area (Å²) in [6, 6.07) is 1.79. The van der Waals surface area contributed by atoms with E-state index in [1.807, 2.05) is 0 Å². The summed E-state index contributed by atoms with van der Waals surface area (Å²) in [4.78, 5) is 5.55. The Kier molecular flexibility index (Phi) is 3.20. The molecule has 2 unspecified atom stereocenters. The smallest absolute Gasteiger partial charge is 0.0224 e. The molecular formula is C15H28N2. The molecule has 0 aromatic heterocycles. The van der Waals surface area contributed by atoms with E-state index in [1.165, 1.54) is 64.7 Å². The summed E-state index contributed by atoms with van der Waals surface area (Å²) >= 11 is 0. The molecule has 0 amide bonds. The minimum Gasteiger partial charge on any atom is -0.298 e. The maximum Gasteiger partial charge on any atom is 0.0224 e. The van der Waals surface area contributed by atoms with Gasteiger partial charge in [0.15, 0.2) is 0 Å². The highest BCUT2D eigenvalue weighted by Crippen LogP contribution is 2.38. The van der Waals surface area contributed by atoms with E-state index in [2.05, 4.69) is 23.6 Å². The third-order valence-corrected chi connectivity index (χ3v) is 5.31. The molecule has 0 N–H and O–H groups in total. The topological polar surface area (TPSA) is 6.48 Å². The maximum atomic E-state index is 2.83.